The van der Waals surface area contributed by atoms with Gasteiger partial charge in [0.1, 0.15) is 6.61 Å². The molecule has 1 aromatic rings. The summed E-state index contributed by atoms with van der Waals surface area (Å²) in [6, 6.07) is 6.41. The number of carbonyl (C=O) groups excluding carboxylic acids is 2. The average molecular weight is 512 g/mol. The van der Waals surface area contributed by atoms with Crippen molar-refractivity contribution in [3.63, 3.8) is 0 Å². The van der Waals surface area contributed by atoms with Gasteiger partial charge in [0.25, 0.3) is 0 Å². The van der Waals surface area contributed by atoms with Gasteiger partial charge in [0.15, 0.2) is 6.10 Å². The molecule has 1 aliphatic carbocycles. The molecule has 0 spiro atoms. The van der Waals surface area contributed by atoms with Gasteiger partial charge in [-0.15, -0.1) is 0 Å². The van der Waals surface area contributed by atoms with Crippen LogP contribution in [0.1, 0.15) is 36.5 Å². The molecule has 2 amide bonds. The van der Waals surface area contributed by atoms with Crippen LogP contribution in [-0.2, 0) is 20.9 Å². The molecule has 198 valence electrons. The molecule has 4 aliphatic rings. The van der Waals surface area contributed by atoms with Gasteiger partial charge in [-0.1, -0.05) is 18.2 Å². The van der Waals surface area contributed by atoms with E-state index >= 15 is 0 Å². The summed E-state index contributed by atoms with van der Waals surface area (Å²) >= 11 is 0. The van der Waals surface area contributed by atoms with Crippen molar-refractivity contribution >= 4 is 12.0 Å². The first-order chi connectivity index (χ1) is 17.2. The molecule has 4 fully saturated rings. The summed E-state index contributed by atoms with van der Waals surface area (Å²) in [5.41, 5.74) is 9.75. The van der Waals surface area contributed by atoms with Crippen LogP contribution in [0, 0.1) is 17.8 Å². The van der Waals surface area contributed by atoms with Crippen LogP contribution in [0.15, 0.2) is 24.3 Å². The summed E-state index contributed by atoms with van der Waals surface area (Å²) in [5, 5.41) is 0. The highest BCUT2D eigenvalue weighted by Crippen LogP contribution is 2.36. The molecule has 0 radical (unpaired) electrons. The largest absolute Gasteiger partial charge is 0.445 e. The average Bonchev–Trinajstić information content (AvgIpc) is 3.56. The zero-order chi connectivity index (χ0) is 25.4. The van der Waals surface area contributed by atoms with Crippen molar-refractivity contribution in [2.45, 2.75) is 50.2 Å². The molecule has 0 bridgehead atoms. The second kappa shape index (κ2) is 10.2. The standard InChI is InChI=1S/C24H32F3N5O4/c1-35-21(24(25,26)27)15-4-2-3-14(7-15)13-36-23(34)32-11-17-9-31(10-18(17)12-32)22(33)16-5-6-19-20(8-16)29-30-28-19/h2-4,7,16-21,28-30H,5-6,8-13H2,1H3/t16?,17-,18+,19?,20?,21?. The second-order valence-electron chi connectivity index (χ2n) is 10.3. The molecule has 3 aliphatic heterocycles. The second-order valence-corrected chi connectivity index (χ2v) is 10.3. The first kappa shape index (κ1) is 25.2. The van der Waals surface area contributed by atoms with Crippen LogP contribution in [0.2, 0.25) is 0 Å². The highest BCUT2D eigenvalue weighted by molar-refractivity contribution is 5.79. The number of fused-ring (bicyclic) bond motifs is 2. The van der Waals surface area contributed by atoms with E-state index in [0.717, 1.165) is 26.4 Å². The molecule has 5 rings (SSSR count). The smallest absolute Gasteiger partial charge is 0.418 e. The molecule has 36 heavy (non-hydrogen) atoms. The number of benzene rings is 1. The maximum absolute atomic E-state index is 13.2. The van der Waals surface area contributed by atoms with Crippen molar-refractivity contribution < 1.29 is 32.2 Å². The van der Waals surface area contributed by atoms with Crippen LogP contribution in [0.4, 0.5) is 18.0 Å². The topological polar surface area (TPSA) is 95.2 Å². The maximum Gasteiger partial charge on any atom is 0.418 e. The van der Waals surface area contributed by atoms with E-state index in [2.05, 4.69) is 21.1 Å². The molecule has 3 heterocycles. The van der Waals surface area contributed by atoms with E-state index in [9.17, 15) is 22.8 Å². The van der Waals surface area contributed by atoms with E-state index in [1.807, 2.05) is 4.90 Å². The third kappa shape index (κ3) is 5.17. The Balaban J connectivity index is 1.10. The Kier molecular flexibility index (Phi) is 7.12. The van der Waals surface area contributed by atoms with Gasteiger partial charge in [-0.3, -0.25) is 4.79 Å². The highest BCUT2D eigenvalue weighted by atomic mass is 19.4. The zero-order valence-electron chi connectivity index (χ0n) is 20.1. The van der Waals surface area contributed by atoms with Crippen molar-refractivity contribution in [3.8, 4) is 0 Å². The summed E-state index contributed by atoms with van der Waals surface area (Å²) in [7, 11) is 1.01. The highest BCUT2D eigenvalue weighted by Gasteiger charge is 2.46. The van der Waals surface area contributed by atoms with Gasteiger partial charge in [0.05, 0.1) is 0 Å². The summed E-state index contributed by atoms with van der Waals surface area (Å²) < 4.78 is 49.5. The van der Waals surface area contributed by atoms with Crippen molar-refractivity contribution in [3.05, 3.63) is 35.4 Å². The monoisotopic (exact) mass is 511 g/mol. The Bertz CT molecular complexity index is 965. The molecule has 4 unspecified atom stereocenters. The Labute approximate surface area is 207 Å². The fraction of sp³-hybridized carbons (Fsp3) is 0.667. The van der Waals surface area contributed by atoms with Gasteiger partial charge in [0.2, 0.25) is 5.91 Å². The fourth-order valence-electron chi connectivity index (χ4n) is 6.08. The number of amides is 2. The van der Waals surface area contributed by atoms with Gasteiger partial charge in [-0.05, 0) is 36.5 Å². The summed E-state index contributed by atoms with van der Waals surface area (Å²) in [6.45, 7) is 2.17. The fourth-order valence-corrected chi connectivity index (χ4v) is 6.08. The predicted molar refractivity (Wildman–Crippen MR) is 122 cm³/mol. The van der Waals surface area contributed by atoms with Gasteiger partial charge < -0.3 is 19.3 Å². The minimum atomic E-state index is -4.53. The third-order valence-electron chi connectivity index (χ3n) is 7.92. The number of methoxy groups -OCH3 is 1. The van der Waals surface area contributed by atoms with Crippen LogP contribution >= 0.6 is 0 Å². The summed E-state index contributed by atoms with van der Waals surface area (Å²) in [6.07, 6.45) is -4.42. The van der Waals surface area contributed by atoms with Crippen LogP contribution in [0.25, 0.3) is 0 Å². The van der Waals surface area contributed by atoms with Crippen LogP contribution in [-0.4, -0.2) is 73.3 Å². The first-order valence-corrected chi connectivity index (χ1v) is 12.4. The molecular formula is C24H32F3N5O4. The van der Waals surface area contributed by atoms with Gasteiger partial charge in [-0.25, -0.2) is 15.6 Å². The number of alkyl halides is 3. The zero-order valence-corrected chi connectivity index (χ0v) is 20.1. The predicted octanol–water partition coefficient (Wildman–Crippen LogP) is 2.11. The molecule has 1 aromatic carbocycles. The summed E-state index contributed by atoms with van der Waals surface area (Å²) in [4.78, 5) is 29.4. The van der Waals surface area contributed by atoms with Crippen molar-refractivity contribution in [2.24, 2.45) is 17.8 Å². The Hall–Kier alpha value is -2.41. The van der Waals surface area contributed by atoms with Crippen molar-refractivity contribution in [1.82, 2.24) is 26.2 Å². The van der Waals surface area contributed by atoms with Crippen LogP contribution in [0.3, 0.4) is 0 Å². The Morgan fingerprint density at radius 2 is 1.75 bits per heavy atom. The van der Waals surface area contributed by atoms with E-state index in [4.69, 9.17) is 4.74 Å². The number of rotatable bonds is 5. The lowest BCUT2D eigenvalue weighted by atomic mass is 9.82. The minimum absolute atomic E-state index is 0.0196. The Morgan fingerprint density at radius 3 is 2.44 bits per heavy atom. The van der Waals surface area contributed by atoms with Crippen molar-refractivity contribution in [2.75, 3.05) is 33.3 Å². The van der Waals surface area contributed by atoms with E-state index < -0.39 is 18.4 Å². The third-order valence-corrected chi connectivity index (χ3v) is 7.92. The van der Waals surface area contributed by atoms with Crippen molar-refractivity contribution in [1.29, 1.82) is 0 Å². The number of nitrogens with one attached hydrogen (secondary N) is 3. The minimum Gasteiger partial charge on any atom is -0.445 e. The molecular weight excluding hydrogens is 479 g/mol. The number of halogens is 3. The number of hydrazine groups is 2. The molecule has 0 aromatic heterocycles. The number of likely N-dealkylation sites (tertiary alicyclic amines) is 2. The van der Waals surface area contributed by atoms with Crippen LogP contribution in [0.5, 0.6) is 0 Å². The van der Waals surface area contributed by atoms with Gasteiger partial charge in [0, 0.05) is 63.1 Å². The molecule has 6 atom stereocenters. The maximum atomic E-state index is 13.2. The number of nitrogens with zero attached hydrogens (tertiary/aromatic N) is 2. The lowest BCUT2D eigenvalue weighted by molar-refractivity contribution is -0.216. The number of ether oxygens (including phenoxy) is 2. The molecule has 3 saturated heterocycles. The number of carbonyl (C=O) groups is 2. The Morgan fingerprint density at radius 1 is 1.06 bits per heavy atom. The quantitative estimate of drug-likeness (QED) is 0.558. The van der Waals surface area contributed by atoms with E-state index in [-0.39, 0.29) is 41.9 Å². The lowest BCUT2D eigenvalue weighted by Gasteiger charge is -2.32. The normalized spacial score (nSPS) is 30.7. The summed E-state index contributed by atoms with van der Waals surface area (Å²) in [5.74, 6) is 0.650. The van der Waals surface area contributed by atoms with Crippen LogP contribution < -0.4 is 16.4 Å². The van der Waals surface area contributed by atoms with Gasteiger partial charge in [-0.2, -0.15) is 18.7 Å². The van der Waals surface area contributed by atoms with E-state index in [0.29, 0.717) is 37.8 Å². The number of hydrogen-bond donors (Lipinski definition) is 3. The molecule has 1 saturated carbocycles. The van der Waals surface area contributed by atoms with E-state index in [1.54, 1.807) is 11.0 Å². The molecule has 3 N–H and O–H groups in total. The number of hydrogen-bond acceptors (Lipinski definition) is 7. The van der Waals surface area contributed by atoms with E-state index in [1.165, 1.54) is 18.2 Å². The molecule has 12 heteroatoms. The first-order valence-electron chi connectivity index (χ1n) is 12.4. The lowest BCUT2D eigenvalue weighted by Crippen LogP contribution is -2.45. The van der Waals surface area contributed by atoms with Gasteiger partial charge >= 0.3 is 12.3 Å². The molecule has 9 nitrogen and oxygen atoms in total. The SMILES string of the molecule is COC(c1cccc(COC(=O)N2C[C@@H]3CN(C(=O)C4CCC5NNNC5C4)C[C@@H]3C2)c1)C(F)(F)F.